The molecule has 0 unspecified atom stereocenters. The van der Waals surface area contributed by atoms with E-state index < -0.39 is 0 Å². The van der Waals surface area contributed by atoms with Gasteiger partial charge >= 0.3 is 0 Å². The smallest absolute Gasteiger partial charge is 0.251 e. The second-order valence-corrected chi connectivity index (χ2v) is 6.69. The zero-order valence-corrected chi connectivity index (χ0v) is 13.5. The van der Waals surface area contributed by atoms with Gasteiger partial charge in [0, 0.05) is 16.5 Å². The van der Waals surface area contributed by atoms with Gasteiger partial charge in [0.05, 0.1) is 5.54 Å². The minimum Gasteiger partial charge on any atom is -0.345 e. The van der Waals surface area contributed by atoms with E-state index in [1.807, 2.05) is 13.0 Å². The molecule has 1 aromatic carbocycles. The van der Waals surface area contributed by atoms with Crippen LogP contribution in [0, 0.1) is 12.8 Å². The summed E-state index contributed by atoms with van der Waals surface area (Å²) in [6.45, 7) is 4.15. The molecule has 0 spiro atoms. The maximum Gasteiger partial charge on any atom is 0.251 e. The number of carbonyl (C=O) groups excluding carboxylic acids is 1. The highest BCUT2D eigenvalue weighted by Crippen LogP contribution is 2.33. The summed E-state index contributed by atoms with van der Waals surface area (Å²) in [6, 6.07) is 5.35. The molecule has 1 fully saturated rings. The lowest BCUT2D eigenvalue weighted by Crippen LogP contribution is -2.52. The minimum absolute atomic E-state index is 0.0556. The summed E-state index contributed by atoms with van der Waals surface area (Å²) in [7, 11) is 0. The number of hydrogen-bond acceptors (Lipinski definition) is 1. The predicted molar refractivity (Wildman–Crippen MR) is 84.7 cm³/mol. The van der Waals surface area contributed by atoms with Crippen molar-refractivity contribution in [3.8, 4) is 0 Å². The van der Waals surface area contributed by atoms with Gasteiger partial charge in [-0.05, 0) is 62.3 Å². The van der Waals surface area contributed by atoms with Crippen LogP contribution in [0.25, 0.3) is 0 Å². The number of nitrogens with one attached hydrogen (secondary N) is 1. The molecule has 0 radical (unpaired) electrons. The summed E-state index contributed by atoms with van der Waals surface area (Å²) in [5, 5.41) is 3.83. The third kappa shape index (κ3) is 3.48. The second kappa shape index (κ2) is 6.36. The molecule has 1 saturated carbocycles. The highest BCUT2D eigenvalue weighted by Gasteiger charge is 2.35. The van der Waals surface area contributed by atoms with E-state index >= 15 is 0 Å². The summed E-state index contributed by atoms with van der Waals surface area (Å²) in [5.41, 5.74) is 1.31. The Morgan fingerprint density at radius 1 is 1.40 bits per heavy atom. The highest BCUT2D eigenvalue weighted by atomic mass is 35.5. The van der Waals surface area contributed by atoms with E-state index in [4.69, 9.17) is 23.2 Å². The van der Waals surface area contributed by atoms with Crippen LogP contribution in [-0.2, 0) is 0 Å². The summed E-state index contributed by atoms with van der Waals surface area (Å²) in [5.74, 6) is 1.14. The molecule has 0 aliphatic heterocycles. The van der Waals surface area contributed by atoms with Crippen molar-refractivity contribution in [3.05, 3.63) is 34.3 Å². The Bertz CT molecular complexity index is 493. The molecule has 0 atom stereocenters. The van der Waals surface area contributed by atoms with E-state index in [-0.39, 0.29) is 11.4 Å². The van der Waals surface area contributed by atoms with Crippen molar-refractivity contribution >= 4 is 29.1 Å². The van der Waals surface area contributed by atoms with Crippen LogP contribution in [0.5, 0.6) is 0 Å². The first-order valence-corrected chi connectivity index (χ1v) is 8.02. The Hall–Kier alpha value is -0.730. The Labute approximate surface area is 130 Å². The van der Waals surface area contributed by atoms with Crippen LogP contribution in [0.4, 0.5) is 0 Å². The molecule has 110 valence electrons. The Morgan fingerprint density at radius 2 is 2.05 bits per heavy atom. The lowest BCUT2D eigenvalue weighted by molar-refractivity contribution is 0.0872. The number of rotatable bonds is 3. The first kappa shape index (κ1) is 15.7. The lowest BCUT2D eigenvalue weighted by atomic mass is 9.78. The van der Waals surface area contributed by atoms with Gasteiger partial charge in [-0.1, -0.05) is 18.5 Å². The van der Waals surface area contributed by atoms with Gasteiger partial charge in [-0.3, -0.25) is 4.79 Å². The fourth-order valence-electron chi connectivity index (χ4n) is 2.71. The van der Waals surface area contributed by atoms with Gasteiger partial charge in [-0.15, -0.1) is 11.6 Å². The molecule has 1 aromatic rings. The Morgan fingerprint density at radius 3 is 2.60 bits per heavy atom. The molecular weight excluding hydrogens is 293 g/mol. The van der Waals surface area contributed by atoms with Crippen molar-refractivity contribution in [2.75, 3.05) is 5.88 Å². The maximum absolute atomic E-state index is 12.4. The quantitative estimate of drug-likeness (QED) is 0.814. The van der Waals surface area contributed by atoms with E-state index in [1.54, 1.807) is 12.1 Å². The average molecular weight is 314 g/mol. The number of halogens is 2. The second-order valence-electron chi connectivity index (χ2n) is 6.01. The zero-order chi connectivity index (χ0) is 14.8. The van der Waals surface area contributed by atoms with E-state index in [2.05, 4.69) is 12.2 Å². The standard InChI is InChI=1S/C16H21Cl2NO/c1-11-5-7-16(10-17,8-6-11)19-15(20)13-3-4-14(18)12(2)9-13/h3-4,9,11H,5-8,10H2,1-2H3,(H,19,20). The Balaban J connectivity index is 2.11. The van der Waals surface area contributed by atoms with Gasteiger partial charge in [-0.25, -0.2) is 0 Å². The number of aryl methyl sites for hydroxylation is 1. The predicted octanol–water partition coefficient (Wildman–Crippen LogP) is 4.57. The molecule has 20 heavy (non-hydrogen) atoms. The van der Waals surface area contributed by atoms with Crippen LogP contribution >= 0.6 is 23.2 Å². The molecule has 1 aliphatic rings. The molecule has 0 saturated heterocycles. The number of carbonyl (C=O) groups is 1. The molecule has 0 heterocycles. The van der Waals surface area contributed by atoms with Crippen LogP contribution in [0.2, 0.25) is 5.02 Å². The van der Waals surface area contributed by atoms with Crippen molar-refractivity contribution in [1.82, 2.24) is 5.32 Å². The first-order valence-electron chi connectivity index (χ1n) is 7.10. The largest absolute Gasteiger partial charge is 0.345 e. The molecule has 2 nitrogen and oxygen atoms in total. The van der Waals surface area contributed by atoms with Crippen molar-refractivity contribution < 1.29 is 4.79 Å². The molecule has 4 heteroatoms. The van der Waals surface area contributed by atoms with Crippen LogP contribution in [0.15, 0.2) is 18.2 Å². The van der Waals surface area contributed by atoms with Crippen LogP contribution < -0.4 is 5.32 Å². The molecule has 1 N–H and O–H groups in total. The lowest BCUT2D eigenvalue weighted by Gasteiger charge is -2.38. The monoisotopic (exact) mass is 313 g/mol. The maximum atomic E-state index is 12.4. The summed E-state index contributed by atoms with van der Waals surface area (Å²) >= 11 is 12.1. The van der Waals surface area contributed by atoms with Crippen molar-refractivity contribution in [1.29, 1.82) is 0 Å². The van der Waals surface area contributed by atoms with Gasteiger partial charge in [0.25, 0.3) is 5.91 Å². The molecule has 0 aromatic heterocycles. The summed E-state index contributed by atoms with van der Waals surface area (Å²) in [4.78, 5) is 12.4. The van der Waals surface area contributed by atoms with Crippen molar-refractivity contribution in [3.63, 3.8) is 0 Å². The van der Waals surface area contributed by atoms with Crippen LogP contribution in [0.3, 0.4) is 0 Å². The summed E-state index contributed by atoms with van der Waals surface area (Å²) in [6.07, 6.45) is 4.14. The van der Waals surface area contributed by atoms with E-state index in [0.29, 0.717) is 16.5 Å². The molecule has 2 rings (SSSR count). The molecule has 1 aliphatic carbocycles. The third-order valence-corrected chi connectivity index (χ3v) is 5.22. The number of benzene rings is 1. The topological polar surface area (TPSA) is 29.1 Å². The minimum atomic E-state index is -0.251. The molecule has 0 bridgehead atoms. The number of alkyl halides is 1. The van der Waals surface area contributed by atoms with Crippen molar-refractivity contribution in [2.45, 2.75) is 45.1 Å². The van der Waals surface area contributed by atoms with E-state index in [1.165, 1.54) is 0 Å². The van der Waals surface area contributed by atoms with Crippen LogP contribution in [-0.4, -0.2) is 17.3 Å². The fraction of sp³-hybridized carbons (Fsp3) is 0.562. The van der Waals surface area contributed by atoms with E-state index in [9.17, 15) is 4.79 Å². The number of hydrogen-bond donors (Lipinski definition) is 1. The summed E-state index contributed by atoms with van der Waals surface area (Å²) < 4.78 is 0. The van der Waals surface area contributed by atoms with E-state index in [0.717, 1.165) is 37.2 Å². The van der Waals surface area contributed by atoms with Crippen LogP contribution in [0.1, 0.15) is 48.5 Å². The van der Waals surface area contributed by atoms with Gasteiger partial charge < -0.3 is 5.32 Å². The highest BCUT2D eigenvalue weighted by molar-refractivity contribution is 6.31. The van der Waals surface area contributed by atoms with Crippen molar-refractivity contribution in [2.24, 2.45) is 5.92 Å². The van der Waals surface area contributed by atoms with Gasteiger partial charge in [0.1, 0.15) is 0 Å². The fourth-order valence-corrected chi connectivity index (χ4v) is 3.16. The molecular formula is C16H21Cl2NO. The molecule has 1 amide bonds. The zero-order valence-electron chi connectivity index (χ0n) is 12.0. The normalized spacial score (nSPS) is 26.3. The SMILES string of the molecule is Cc1cc(C(=O)NC2(CCl)CCC(C)CC2)ccc1Cl. The number of amides is 1. The van der Waals surface area contributed by atoms with Gasteiger partial charge in [0.2, 0.25) is 0 Å². The first-order chi connectivity index (χ1) is 9.46. The third-order valence-electron chi connectivity index (χ3n) is 4.29. The average Bonchev–Trinajstić information content (AvgIpc) is 2.44. The Kier molecular flexibility index (Phi) is 4.98. The van der Waals surface area contributed by atoms with Gasteiger partial charge in [0.15, 0.2) is 0 Å². The van der Waals surface area contributed by atoms with Gasteiger partial charge in [-0.2, -0.15) is 0 Å².